The van der Waals surface area contributed by atoms with Crippen LogP contribution in [0.25, 0.3) is 0 Å². The van der Waals surface area contributed by atoms with E-state index in [0.717, 1.165) is 25.7 Å². The maximum Gasteiger partial charge on any atom is 0.333 e. The average Bonchev–Trinajstić information content (AvgIpc) is 3.00. The van der Waals surface area contributed by atoms with Crippen molar-refractivity contribution in [3.8, 4) is 0 Å². The quantitative estimate of drug-likeness (QED) is 0.0926. The normalized spacial score (nSPS) is 33.8. The zero-order valence-electron chi connectivity index (χ0n) is 32.6. The van der Waals surface area contributed by atoms with Crippen LogP contribution in [0.4, 0.5) is 0 Å². The van der Waals surface area contributed by atoms with Crippen molar-refractivity contribution in [3.63, 3.8) is 0 Å². The van der Waals surface area contributed by atoms with Crippen molar-refractivity contribution in [2.45, 2.75) is 158 Å². The van der Waals surface area contributed by atoms with Crippen LogP contribution >= 0.6 is 0 Å². The van der Waals surface area contributed by atoms with Gasteiger partial charge in [0, 0.05) is 38.7 Å². The first-order valence-corrected chi connectivity index (χ1v) is 18.2. The number of esters is 5. The molecule has 51 heavy (non-hydrogen) atoms. The van der Waals surface area contributed by atoms with Crippen LogP contribution in [-0.2, 0) is 57.1 Å². The van der Waals surface area contributed by atoms with E-state index in [1.165, 1.54) is 33.3 Å². The largest absolute Gasteiger partial charge is 0.466 e. The summed E-state index contributed by atoms with van der Waals surface area (Å²) >= 11 is 0. The van der Waals surface area contributed by atoms with E-state index >= 15 is 0 Å². The van der Waals surface area contributed by atoms with Crippen LogP contribution in [-0.4, -0.2) is 79.4 Å². The molecular weight excluding hydrogens is 660 g/mol. The number of allylic oxidation sites excluding steroid dienone is 3. The molecule has 1 saturated heterocycles. The van der Waals surface area contributed by atoms with Gasteiger partial charge in [0.15, 0.2) is 24.6 Å². The average molecular weight is 721 g/mol. The summed E-state index contributed by atoms with van der Waals surface area (Å²) in [7, 11) is 0. The molecule has 0 aromatic rings. The van der Waals surface area contributed by atoms with Crippen molar-refractivity contribution >= 4 is 29.8 Å². The van der Waals surface area contributed by atoms with E-state index in [0.29, 0.717) is 24.5 Å². The SMILES string of the molecule is C/C=C(/C)C(=O)O[C@@H]1[C@@H](O[C@H]2O[C@@H](C)[C@H](OC(C)=O)[C@@H](OC(C)=O)[C@H]2OC(C)=O)C[C@@]2(C)[C@H](CC[C@H](C)CCOC(C)=O)C(C)=CC[C@@H]2C1(C)C. The molecule has 2 fully saturated rings. The summed E-state index contributed by atoms with van der Waals surface area (Å²) in [4.78, 5) is 61.6. The molecule has 0 amide bonds. The molecule has 0 radical (unpaired) electrons. The number of ether oxygens (including phenoxy) is 7. The maximum absolute atomic E-state index is 13.4. The molecule has 1 saturated carbocycles. The minimum absolute atomic E-state index is 0.108. The van der Waals surface area contributed by atoms with Gasteiger partial charge in [-0.15, -0.1) is 0 Å². The second-order valence-corrected chi connectivity index (χ2v) is 15.5. The van der Waals surface area contributed by atoms with Gasteiger partial charge in [0.25, 0.3) is 0 Å². The second kappa shape index (κ2) is 17.5. The number of hydrogen-bond acceptors (Lipinski definition) is 12. The van der Waals surface area contributed by atoms with Crippen molar-refractivity contribution in [2.24, 2.45) is 28.6 Å². The zero-order valence-corrected chi connectivity index (χ0v) is 32.6. The van der Waals surface area contributed by atoms with Crippen molar-refractivity contribution in [3.05, 3.63) is 23.3 Å². The van der Waals surface area contributed by atoms with Gasteiger partial charge in [-0.3, -0.25) is 19.2 Å². The summed E-state index contributed by atoms with van der Waals surface area (Å²) in [6.07, 6.45) is 0.724. The van der Waals surface area contributed by atoms with Crippen molar-refractivity contribution in [1.29, 1.82) is 0 Å². The highest BCUT2D eigenvalue weighted by atomic mass is 16.7. The van der Waals surface area contributed by atoms with Gasteiger partial charge in [-0.05, 0) is 83.0 Å². The molecule has 0 aromatic carbocycles. The fraction of sp³-hybridized carbons (Fsp3) is 0.769. The summed E-state index contributed by atoms with van der Waals surface area (Å²) < 4.78 is 41.5. The van der Waals surface area contributed by atoms with Gasteiger partial charge in [-0.1, -0.05) is 45.4 Å². The number of carbonyl (C=O) groups is 5. The Labute approximate surface area is 303 Å². The number of carbonyl (C=O) groups excluding carboxylic acids is 5. The molecule has 288 valence electrons. The molecule has 3 rings (SSSR count). The lowest BCUT2D eigenvalue weighted by atomic mass is 9.46. The van der Waals surface area contributed by atoms with Crippen molar-refractivity contribution in [2.75, 3.05) is 6.61 Å². The molecule has 12 heteroatoms. The van der Waals surface area contributed by atoms with Gasteiger partial charge in [-0.25, -0.2) is 4.79 Å². The first-order valence-electron chi connectivity index (χ1n) is 18.2. The van der Waals surface area contributed by atoms with Gasteiger partial charge in [0.1, 0.15) is 6.10 Å². The number of hydrogen-bond donors (Lipinski definition) is 0. The van der Waals surface area contributed by atoms with Gasteiger partial charge in [0.2, 0.25) is 0 Å². The minimum Gasteiger partial charge on any atom is -0.466 e. The maximum atomic E-state index is 13.4. The fourth-order valence-electron chi connectivity index (χ4n) is 8.62. The van der Waals surface area contributed by atoms with E-state index < -0.39 is 72.2 Å². The van der Waals surface area contributed by atoms with Gasteiger partial charge >= 0.3 is 29.8 Å². The molecule has 11 atom stereocenters. The molecule has 1 heterocycles. The van der Waals surface area contributed by atoms with Crippen molar-refractivity contribution in [1.82, 2.24) is 0 Å². The van der Waals surface area contributed by atoms with E-state index in [2.05, 4.69) is 40.7 Å². The Kier molecular flexibility index (Phi) is 14.5. The smallest absolute Gasteiger partial charge is 0.333 e. The molecule has 0 bridgehead atoms. The lowest BCUT2D eigenvalue weighted by Gasteiger charge is -2.61. The summed E-state index contributed by atoms with van der Waals surface area (Å²) in [5.41, 5.74) is 0.839. The Morgan fingerprint density at radius 3 is 2.04 bits per heavy atom. The third-order valence-electron chi connectivity index (χ3n) is 11.2. The van der Waals surface area contributed by atoms with E-state index in [4.69, 9.17) is 33.2 Å². The first kappa shape index (κ1) is 42.2. The Balaban J connectivity index is 2.07. The van der Waals surface area contributed by atoms with Crippen LogP contribution in [0.15, 0.2) is 23.3 Å². The lowest BCUT2D eigenvalue weighted by molar-refractivity contribution is -0.329. The third-order valence-corrected chi connectivity index (χ3v) is 11.2. The molecule has 1 aliphatic heterocycles. The van der Waals surface area contributed by atoms with Crippen LogP contribution in [0.1, 0.15) is 115 Å². The Morgan fingerprint density at radius 1 is 0.882 bits per heavy atom. The van der Waals surface area contributed by atoms with Crippen LogP contribution in [0.5, 0.6) is 0 Å². The predicted molar refractivity (Wildman–Crippen MR) is 187 cm³/mol. The molecule has 0 N–H and O–H groups in total. The lowest BCUT2D eigenvalue weighted by Crippen LogP contribution is -2.65. The Bertz CT molecular complexity index is 1350. The molecule has 0 spiro atoms. The third kappa shape index (κ3) is 10.2. The molecule has 12 nitrogen and oxygen atoms in total. The Morgan fingerprint density at radius 2 is 1.47 bits per heavy atom. The molecule has 2 aliphatic carbocycles. The minimum atomic E-state index is -1.30. The van der Waals surface area contributed by atoms with Gasteiger partial charge in [-0.2, -0.15) is 0 Å². The molecule has 0 unspecified atom stereocenters. The first-order chi connectivity index (χ1) is 23.7. The number of rotatable bonds is 13. The van der Waals surface area contributed by atoms with Crippen LogP contribution in [0, 0.1) is 28.6 Å². The number of fused-ring (bicyclic) bond motifs is 1. The highest BCUT2D eigenvalue weighted by Gasteiger charge is 2.62. The second-order valence-electron chi connectivity index (χ2n) is 15.5. The van der Waals surface area contributed by atoms with Crippen molar-refractivity contribution < 1.29 is 57.1 Å². The summed E-state index contributed by atoms with van der Waals surface area (Å²) in [6.45, 7) is 21.4. The van der Waals surface area contributed by atoms with E-state index in [-0.39, 0.29) is 23.2 Å². The summed E-state index contributed by atoms with van der Waals surface area (Å²) in [5.74, 6) is -2.11. The van der Waals surface area contributed by atoms with E-state index in [1.807, 2.05) is 0 Å². The van der Waals surface area contributed by atoms with Crippen LogP contribution in [0.2, 0.25) is 0 Å². The predicted octanol–water partition coefficient (Wildman–Crippen LogP) is 6.18. The van der Waals surface area contributed by atoms with Gasteiger partial charge < -0.3 is 33.2 Å². The summed E-state index contributed by atoms with van der Waals surface area (Å²) in [5, 5.41) is 0. The van der Waals surface area contributed by atoms with Gasteiger partial charge in [0.05, 0.1) is 18.8 Å². The van der Waals surface area contributed by atoms with Crippen LogP contribution < -0.4 is 0 Å². The standard InChI is InChI=1S/C39H60O12/c1-13-22(3)36(44)51-35-30(50-37-34(49-28(9)43)33(48-27(8)42)32(24(5)46-37)47-26(7)41)20-39(12)29(16-14-21(2)18-19-45-25(6)40)23(4)15-17-31(39)38(35,10)11/h13,15,21,24,29-35,37H,14,16-20H2,1-12H3/b22-13-/t21-,24-,29+,30-,31+,32-,33+,34+,35+,37+,39-/m0/s1. The zero-order chi connectivity index (χ0) is 38.4. The highest BCUT2D eigenvalue weighted by molar-refractivity contribution is 5.87. The molecular formula is C39H60O12. The highest BCUT2D eigenvalue weighted by Crippen LogP contribution is 2.62. The topological polar surface area (TPSA) is 150 Å². The van der Waals surface area contributed by atoms with E-state index in [1.54, 1.807) is 26.8 Å². The molecule has 0 aromatic heterocycles. The molecule has 3 aliphatic rings. The fourth-order valence-corrected chi connectivity index (χ4v) is 8.62. The monoisotopic (exact) mass is 720 g/mol. The summed E-state index contributed by atoms with van der Waals surface area (Å²) in [6, 6.07) is 0. The Hall–Kier alpha value is -3.25. The van der Waals surface area contributed by atoms with E-state index in [9.17, 15) is 24.0 Å². The van der Waals surface area contributed by atoms with Crippen LogP contribution in [0.3, 0.4) is 0 Å².